The van der Waals surface area contributed by atoms with Crippen LogP contribution in [0.4, 0.5) is 5.69 Å². The van der Waals surface area contributed by atoms with E-state index in [9.17, 15) is 4.79 Å². The van der Waals surface area contributed by atoms with Gasteiger partial charge in [-0.2, -0.15) is 0 Å². The van der Waals surface area contributed by atoms with Crippen LogP contribution in [0.5, 0.6) is 0 Å². The highest BCUT2D eigenvalue weighted by Gasteiger charge is 2.23. The summed E-state index contributed by atoms with van der Waals surface area (Å²) in [5.74, 6) is 0.0596. The Balaban J connectivity index is 1.93. The molecule has 5 heteroatoms. The number of nitrogens with two attached hydrogens (primary N) is 1. The monoisotopic (exact) mass is 353 g/mol. The molecule has 4 nitrogen and oxygen atoms in total. The van der Waals surface area contributed by atoms with E-state index in [-0.39, 0.29) is 5.91 Å². The smallest absolute Gasteiger partial charge is 0.238 e. The fourth-order valence-electron chi connectivity index (χ4n) is 2.93. The molecule has 1 aromatic rings. The number of hydrogen-bond donors (Lipinski definition) is 2. The Hall–Kier alpha value is -0.910. The van der Waals surface area contributed by atoms with Gasteiger partial charge in [0.05, 0.1) is 6.54 Å². The van der Waals surface area contributed by atoms with E-state index in [1.165, 1.54) is 12.8 Å². The van der Waals surface area contributed by atoms with Crippen molar-refractivity contribution < 1.29 is 4.79 Å². The second-order valence-corrected chi connectivity index (χ2v) is 6.62. The zero-order chi connectivity index (χ0) is 15.2. The molecule has 116 valence electrons. The van der Waals surface area contributed by atoms with E-state index in [0.717, 1.165) is 35.1 Å². The average molecular weight is 354 g/mol. The van der Waals surface area contributed by atoms with Gasteiger partial charge in [0.2, 0.25) is 5.91 Å². The van der Waals surface area contributed by atoms with Crippen LogP contribution in [0.3, 0.4) is 0 Å². The molecule has 1 aliphatic rings. The van der Waals surface area contributed by atoms with Gasteiger partial charge in [-0.15, -0.1) is 0 Å². The van der Waals surface area contributed by atoms with E-state index in [2.05, 4.69) is 26.1 Å². The molecule has 0 bridgehead atoms. The summed E-state index contributed by atoms with van der Waals surface area (Å²) in [5, 5.41) is 3.01. The van der Waals surface area contributed by atoms with Gasteiger partial charge in [0, 0.05) is 16.2 Å². The summed E-state index contributed by atoms with van der Waals surface area (Å²) in [6.07, 6.45) is 4.55. The molecule has 2 rings (SSSR count). The highest BCUT2D eigenvalue weighted by Crippen LogP contribution is 2.21. The largest absolute Gasteiger partial charge is 0.330 e. The Labute approximate surface area is 135 Å². The van der Waals surface area contributed by atoms with E-state index in [1.807, 2.05) is 25.1 Å². The first-order valence-electron chi connectivity index (χ1n) is 7.60. The van der Waals surface area contributed by atoms with Crippen molar-refractivity contribution in [1.29, 1.82) is 0 Å². The summed E-state index contributed by atoms with van der Waals surface area (Å²) in [7, 11) is 0. The van der Waals surface area contributed by atoms with Crippen LogP contribution in [0, 0.1) is 6.92 Å². The molecule has 1 fully saturated rings. The maximum Gasteiger partial charge on any atom is 0.238 e. The van der Waals surface area contributed by atoms with Crippen molar-refractivity contribution >= 4 is 27.5 Å². The summed E-state index contributed by atoms with van der Waals surface area (Å²) in [6, 6.07) is 6.35. The molecular weight excluding hydrogens is 330 g/mol. The maximum absolute atomic E-state index is 12.3. The Morgan fingerprint density at radius 3 is 3.00 bits per heavy atom. The molecule has 1 heterocycles. The molecule has 1 aliphatic heterocycles. The number of halogens is 1. The van der Waals surface area contributed by atoms with Crippen LogP contribution in [0.1, 0.15) is 31.2 Å². The van der Waals surface area contributed by atoms with Gasteiger partial charge in [-0.05, 0) is 63.0 Å². The van der Waals surface area contributed by atoms with Crippen molar-refractivity contribution in [2.24, 2.45) is 5.73 Å². The number of carbonyl (C=O) groups is 1. The number of aryl methyl sites for hydroxylation is 1. The molecule has 1 atom stereocenters. The molecule has 0 radical (unpaired) electrons. The summed E-state index contributed by atoms with van der Waals surface area (Å²) in [4.78, 5) is 14.5. The zero-order valence-corrected chi connectivity index (χ0v) is 14.2. The lowest BCUT2D eigenvalue weighted by molar-refractivity contribution is -0.118. The number of anilines is 1. The molecular formula is C16H24BrN3O. The van der Waals surface area contributed by atoms with Crippen molar-refractivity contribution in [1.82, 2.24) is 4.90 Å². The maximum atomic E-state index is 12.3. The summed E-state index contributed by atoms with van der Waals surface area (Å²) in [6.45, 7) is 4.14. The first-order chi connectivity index (χ1) is 10.1. The van der Waals surface area contributed by atoms with Crippen LogP contribution < -0.4 is 11.1 Å². The first kappa shape index (κ1) is 16.5. The first-order valence-corrected chi connectivity index (χ1v) is 8.39. The fraction of sp³-hybridized carbons (Fsp3) is 0.562. The topological polar surface area (TPSA) is 58.4 Å². The number of likely N-dealkylation sites (tertiary alicyclic amines) is 1. The zero-order valence-electron chi connectivity index (χ0n) is 12.6. The van der Waals surface area contributed by atoms with Gasteiger partial charge in [-0.3, -0.25) is 9.69 Å². The second kappa shape index (κ2) is 7.92. The lowest BCUT2D eigenvalue weighted by Gasteiger charge is -2.35. The molecule has 1 unspecified atom stereocenters. The number of benzene rings is 1. The van der Waals surface area contributed by atoms with Crippen molar-refractivity contribution in [2.45, 2.75) is 38.6 Å². The quantitative estimate of drug-likeness (QED) is 0.855. The molecule has 21 heavy (non-hydrogen) atoms. The number of piperidine rings is 1. The summed E-state index contributed by atoms with van der Waals surface area (Å²) in [5.41, 5.74) is 7.63. The highest BCUT2D eigenvalue weighted by molar-refractivity contribution is 9.10. The number of hydrogen-bond acceptors (Lipinski definition) is 3. The fourth-order valence-corrected chi connectivity index (χ4v) is 3.40. The van der Waals surface area contributed by atoms with E-state index in [4.69, 9.17) is 5.73 Å². The molecule has 0 aromatic heterocycles. The third kappa shape index (κ3) is 4.80. The minimum atomic E-state index is 0.0596. The number of amides is 1. The van der Waals surface area contributed by atoms with Crippen molar-refractivity contribution in [3.05, 3.63) is 28.2 Å². The Bertz CT molecular complexity index is 490. The third-order valence-electron chi connectivity index (χ3n) is 4.06. The Kier molecular flexibility index (Phi) is 6.21. The molecule has 1 aromatic carbocycles. The van der Waals surface area contributed by atoms with E-state index in [1.54, 1.807) is 0 Å². The van der Waals surface area contributed by atoms with Gasteiger partial charge in [-0.1, -0.05) is 22.4 Å². The normalized spacial score (nSPS) is 19.5. The van der Waals surface area contributed by atoms with Crippen LogP contribution in [-0.4, -0.2) is 36.5 Å². The van der Waals surface area contributed by atoms with Crippen LogP contribution in [0.15, 0.2) is 22.7 Å². The molecule has 0 saturated carbocycles. The van der Waals surface area contributed by atoms with Gasteiger partial charge in [-0.25, -0.2) is 0 Å². The second-order valence-electron chi connectivity index (χ2n) is 5.70. The van der Waals surface area contributed by atoms with Crippen molar-refractivity contribution in [3.8, 4) is 0 Å². The molecule has 0 aliphatic carbocycles. The standard InChI is InChI=1S/C16H24BrN3O/c1-12-10-13(17)5-6-15(12)19-16(21)11-20-9-3-2-4-14(20)7-8-18/h5-6,10,14H,2-4,7-9,11,18H2,1H3,(H,19,21). The van der Waals surface area contributed by atoms with Gasteiger partial charge >= 0.3 is 0 Å². The van der Waals surface area contributed by atoms with Gasteiger partial charge in [0.1, 0.15) is 0 Å². The average Bonchev–Trinajstić information content (AvgIpc) is 2.44. The SMILES string of the molecule is Cc1cc(Br)ccc1NC(=O)CN1CCCCC1CCN. The highest BCUT2D eigenvalue weighted by atomic mass is 79.9. The predicted molar refractivity (Wildman–Crippen MR) is 90.4 cm³/mol. The van der Waals surface area contributed by atoms with Crippen LogP contribution in [0.2, 0.25) is 0 Å². The van der Waals surface area contributed by atoms with Crippen LogP contribution in [0.25, 0.3) is 0 Å². The third-order valence-corrected chi connectivity index (χ3v) is 4.55. The summed E-state index contributed by atoms with van der Waals surface area (Å²) < 4.78 is 1.03. The van der Waals surface area contributed by atoms with Crippen molar-refractivity contribution in [3.63, 3.8) is 0 Å². The van der Waals surface area contributed by atoms with Gasteiger partial charge in [0.25, 0.3) is 0 Å². The number of carbonyl (C=O) groups excluding carboxylic acids is 1. The minimum Gasteiger partial charge on any atom is -0.330 e. The predicted octanol–water partition coefficient (Wildman–Crippen LogP) is 2.90. The lowest BCUT2D eigenvalue weighted by Crippen LogP contribution is -2.44. The molecule has 0 spiro atoms. The number of nitrogens with zero attached hydrogens (tertiary/aromatic N) is 1. The van der Waals surface area contributed by atoms with E-state index < -0.39 is 0 Å². The van der Waals surface area contributed by atoms with E-state index in [0.29, 0.717) is 19.1 Å². The van der Waals surface area contributed by atoms with Gasteiger partial charge in [0.15, 0.2) is 0 Å². The van der Waals surface area contributed by atoms with Gasteiger partial charge < -0.3 is 11.1 Å². The summed E-state index contributed by atoms with van der Waals surface area (Å²) >= 11 is 3.43. The van der Waals surface area contributed by atoms with Crippen LogP contribution >= 0.6 is 15.9 Å². The molecule has 1 saturated heterocycles. The molecule has 3 N–H and O–H groups in total. The van der Waals surface area contributed by atoms with Crippen molar-refractivity contribution in [2.75, 3.05) is 25.0 Å². The minimum absolute atomic E-state index is 0.0596. The Morgan fingerprint density at radius 1 is 1.48 bits per heavy atom. The van der Waals surface area contributed by atoms with Crippen LogP contribution in [-0.2, 0) is 4.79 Å². The Morgan fingerprint density at radius 2 is 2.29 bits per heavy atom. The van der Waals surface area contributed by atoms with E-state index >= 15 is 0 Å². The number of nitrogens with one attached hydrogen (secondary N) is 1. The molecule has 1 amide bonds. The number of rotatable bonds is 5. The lowest BCUT2D eigenvalue weighted by atomic mass is 9.99.